The van der Waals surface area contributed by atoms with Crippen molar-refractivity contribution in [1.82, 2.24) is 19.6 Å². The highest BCUT2D eigenvalue weighted by Crippen LogP contribution is 2.19. The van der Waals surface area contributed by atoms with Crippen LogP contribution >= 0.6 is 0 Å². The van der Waals surface area contributed by atoms with Gasteiger partial charge in [0.05, 0.1) is 24.4 Å². The molecule has 4 N–H and O–H groups in total. The summed E-state index contributed by atoms with van der Waals surface area (Å²) in [6, 6.07) is 5.69. The van der Waals surface area contributed by atoms with Crippen LogP contribution in [0, 0.1) is 11.3 Å². The number of amides is 1. The van der Waals surface area contributed by atoms with E-state index in [0.29, 0.717) is 19.6 Å². The number of likely N-dealkylation sites (tertiary alicyclic amines) is 1. The number of hydrogen-bond donors (Lipinski definition) is 3. The lowest BCUT2D eigenvalue weighted by atomic mass is 9.99. The molecule has 2 aromatic heterocycles. The van der Waals surface area contributed by atoms with Crippen LogP contribution in [0.1, 0.15) is 5.69 Å². The fraction of sp³-hybridized carbons (Fsp3) is 0.267. The Morgan fingerprint density at radius 3 is 3.04 bits per heavy atom. The summed E-state index contributed by atoms with van der Waals surface area (Å²) in [6.45, 7) is 1.01. The molecule has 1 aliphatic heterocycles. The van der Waals surface area contributed by atoms with E-state index in [1.54, 1.807) is 6.20 Å². The summed E-state index contributed by atoms with van der Waals surface area (Å²) >= 11 is 0. The zero-order valence-corrected chi connectivity index (χ0v) is 12.4. The summed E-state index contributed by atoms with van der Waals surface area (Å²) in [5, 5.41) is 10.4. The van der Waals surface area contributed by atoms with Crippen LogP contribution < -0.4 is 11.1 Å². The number of carbonyl (C=O) groups is 1. The molecule has 0 aliphatic carbocycles. The van der Waals surface area contributed by atoms with Gasteiger partial charge in [0.1, 0.15) is 5.65 Å². The van der Waals surface area contributed by atoms with E-state index < -0.39 is 5.83 Å². The van der Waals surface area contributed by atoms with Crippen molar-refractivity contribution in [2.24, 2.45) is 11.7 Å². The minimum absolute atomic E-state index is 0.114. The molecule has 0 bridgehead atoms. The molecule has 0 radical (unpaired) electrons. The number of pyridine rings is 1. The SMILES string of the molecule is N=C(C(F)=CN)N1CC(C(=O)NCc2cnc3ccccn23)C1. The van der Waals surface area contributed by atoms with Crippen molar-refractivity contribution in [2.75, 3.05) is 13.1 Å². The van der Waals surface area contributed by atoms with Crippen molar-refractivity contribution >= 4 is 17.4 Å². The molecule has 3 rings (SSSR count). The first kappa shape index (κ1) is 15.0. The molecule has 0 aromatic carbocycles. The Kier molecular flexibility index (Phi) is 3.96. The number of nitrogens with one attached hydrogen (secondary N) is 2. The quantitative estimate of drug-likeness (QED) is 0.569. The van der Waals surface area contributed by atoms with Gasteiger partial charge in [-0.15, -0.1) is 0 Å². The van der Waals surface area contributed by atoms with Gasteiger partial charge in [-0.05, 0) is 12.1 Å². The molecule has 0 unspecified atom stereocenters. The van der Waals surface area contributed by atoms with Gasteiger partial charge < -0.3 is 20.4 Å². The van der Waals surface area contributed by atoms with Crippen molar-refractivity contribution < 1.29 is 9.18 Å². The molecule has 23 heavy (non-hydrogen) atoms. The summed E-state index contributed by atoms with van der Waals surface area (Å²) in [5.74, 6) is -1.43. The molecule has 120 valence electrons. The number of hydrogen-bond acceptors (Lipinski definition) is 4. The smallest absolute Gasteiger partial charge is 0.227 e. The van der Waals surface area contributed by atoms with E-state index in [9.17, 15) is 9.18 Å². The van der Waals surface area contributed by atoms with Gasteiger partial charge in [0, 0.05) is 25.5 Å². The Bertz CT molecular complexity index is 777. The minimum atomic E-state index is -0.783. The Balaban J connectivity index is 1.52. The fourth-order valence-corrected chi connectivity index (χ4v) is 2.49. The van der Waals surface area contributed by atoms with Crippen molar-refractivity contribution in [3.8, 4) is 0 Å². The molecule has 0 spiro atoms. The van der Waals surface area contributed by atoms with E-state index in [1.165, 1.54) is 4.90 Å². The molecule has 3 heterocycles. The van der Waals surface area contributed by atoms with Crippen LogP contribution in [0.15, 0.2) is 42.6 Å². The molecule has 7 nitrogen and oxygen atoms in total. The van der Waals surface area contributed by atoms with Crippen LogP contribution in [-0.2, 0) is 11.3 Å². The average molecular weight is 316 g/mol. The van der Waals surface area contributed by atoms with Crippen LogP contribution in [-0.4, -0.2) is 39.1 Å². The van der Waals surface area contributed by atoms with Crippen LogP contribution in [0.4, 0.5) is 4.39 Å². The number of aromatic nitrogens is 2. The first-order chi connectivity index (χ1) is 11.1. The Labute approximate surface area is 132 Å². The lowest BCUT2D eigenvalue weighted by Gasteiger charge is -2.39. The number of carbonyl (C=O) groups excluding carboxylic acids is 1. The summed E-state index contributed by atoms with van der Waals surface area (Å²) in [4.78, 5) is 17.8. The van der Waals surface area contributed by atoms with E-state index in [4.69, 9.17) is 11.1 Å². The largest absolute Gasteiger partial charge is 0.402 e. The molecular weight excluding hydrogens is 299 g/mol. The van der Waals surface area contributed by atoms with Crippen LogP contribution in [0.25, 0.3) is 5.65 Å². The second-order valence-corrected chi connectivity index (χ2v) is 5.36. The molecule has 0 saturated carbocycles. The zero-order chi connectivity index (χ0) is 16.4. The molecule has 1 fully saturated rings. The maximum absolute atomic E-state index is 13.2. The van der Waals surface area contributed by atoms with Crippen LogP contribution in [0.5, 0.6) is 0 Å². The fourth-order valence-electron chi connectivity index (χ4n) is 2.49. The Hall–Kier alpha value is -2.90. The number of imidazole rings is 1. The van der Waals surface area contributed by atoms with Gasteiger partial charge in [-0.3, -0.25) is 10.2 Å². The molecule has 0 atom stereocenters. The van der Waals surface area contributed by atoms with E-state index in [0.717, 1.165) is 17.5 Å². The highest BCUT2D eigenvalue weighted by Gasteiger charge is 2.35. The molecule has 1 amide bonds. The number of halogens is 1. The monoisotopic (exact) mass is 316 g/mol. The highest BCUT2D eigenvalue weighted by molar-refractivity contribution is 5.95. The van der Waals surface area contributed by atoms with E-state index in [1.807, 2.05) is 28.8 Å². The second kappa shape index (κ2) is 6.07. The topological polar surface area (TPSA) is 99.5 Å². The van der Waals surface area contributed by atoms with Crippen molar-refractivity contribution in [3.63, 3.8) is 0 Å². The summed E-state index contributed by atoms with van der Waals surface area (Å²) < 4.78 is 15.1. The van der Waals surface area contributed by atoms with Crippen LogP contribution in [0.3, 0.4) is 0 Å². The van der Waals surface area contributed by atoms with Crippen molar-refractivity contribution in [1.29, 1.82) is 5.41 Å². The van der Waals surface area contributed by atoms with E-state index in [2.05, 4.69) is 10.3 Å². The van der Waals surface area contributed by atoms with Gasteiger partial charge in [0.25, 0.3) is 0 Å². The van der Waals surface area contributed by atoms with Gasteiger partial charge >= 0.3 is 0 Å². The standard InChI is InChI=1S/C15H17FN6O/c16-12(5-17)14(18)21-8-10(9-21)15(23)20-7-11-6-19-13-3-1-2-4-22(11)13/h1-6,10,18H,7-9,17H2,(H,20,23). The highest BCUT2D eigenvalue weighted by atomic mass is 19.1. The van der Waals surface area contributed by atoms with Gasteiger partial charge in [-0.2, -0.15) is 0 Å². The molecule has 1 aliphatic rings. The Morgan fingerprint density at radius 2 is 2.30 bits per heavy atom. The third kappa shape index (κ3) is 2.87. The van der Waals surface area contributed by atoms with Crippen molar-refractivity contribution in [3.05, 3.63) is 48.3 Å². The minimum Gasteiger partial charge on any atom is -0.402 e. The number of nitrogens with zero attached hydrogens (tertiary/aromatic N) is 3. The second-order valence-electron chi connectivity index (χ2n) is 5.36. The lowest BCUT2D eigenvalue weighted by molar-refractivity contribution is -0.128. The normalized spacial score (nSPS) is 15.5. The molecule has 2 aromatic rings. The average Bonchev–Trinajstić information content (AvgIpc) is 2.93. The molecular formula is C15H17FN6O. The maximum Gasteiger partial charge on any atom is 0.227 e. The number of amidine groups is 1. The molecule has 8 heteroatoms. The molecule has 1 saturated heterocycles. The Morgan fingerprint density at radius 1 is 1.52 bits per heavy atom. The summed E-state index contributed by atoms with van der Waals surface area (Å²) in [5.41, 5.74) is 6.75. The lowest BCUT2D eigenvalue weighted by Crippen LogP contribution is -2.55. The first-order valence-corrected chi connectivity index (χ1v) is 7.20. The predicted octanol–water partition coefficient (Wildman–Crippen LogP) is 0.629. The maximum atomic E-state index is 13.2. The zero-order valence-electron chi connectivity index (χ0n) is 12.4. The summed E-state index contributed by atoms with van der Waals surface area (Å²) in [6.07, 6.45) is 4.36. The van der Waals surface area contributed by atoms with E-state index >= 15 is 0 Å². The number of fused-ring (bicyclic) bond motifs is 1. The number of nitrogens with two attached hydrogens (primary N) is 1. The van der Waals surface area contributed by atoms with Gasteiger partial charge in [0.2, 0.25) is 5.91 Å². The van der Waals surface area contributed by atoms with Gasteiger partial charge in [-0.1, -0.05) is 6.07 Å². The van der Waals surface area contributed by atoms with Crippen LogP contribution in [0.2, 0.25) is 0 Å². The first-order valence-electron chi connectivity index (χ1n) is 7.20. The van der Waals surface area contributed by atoms with Crippen molar-refractivity contribution in [2.45, 2.75) is 6.54 Å². The van der Waals surface area contributed by atoms with Gasteiger partial charge in [-0.25, -0.2) is 9.37 Å². The third-order valence-corrected chi connectivity index (χ3v) is 3.88. The van der Waals surface area contributed by atoms with E-state index in [-0.39, 0.29) is 17.7 Å². The summed E-state index contributed by atoms with van der Waals surface area (Å²) in [7, 11) is 0. The predicted molar refractivity (Wildman–Crippen MR) is 83.2 cm³/mol. The number of rotatable bonds is 4. The van der Waals surface area contributed by atoms with Gasteiger partial charge in [0.15, 0.2) is 11.7 Å². The third-order valence-electron chi connectivity index (χ3n) is 3.88.